The molecule has 2 atom stereocenters. The van der Waals surface area contributed by atoms with Crippen molar-refractivity contribution < 1.29 is 9.90 Å². The summed E-state index contributed by atoms with van der Waals surface area (Å²) in [4.78, 5) is 11.3. The summed E-state index contributed by atoms with van der Waals surface area (Å²) >= 11 is 0. The smallest absolute Gasteiger partial charge is 0.133 e. The third-order valence-electron chi connectivity index (χ3n) is 2.75. The maximum atomic E-state index is 11.3. The predicted octanol–water partition coefficient (Wildman–Crippen LogP) is 2.40. The van der Waals surface area contributed by atoms with E-state index < -0.39 is 5.60 Å². The first-order valence-electron chi connectivity index (χ1n) is 5.03. The first-order valence-corrected chi connectivity index (χ1v) is 5.03. The minimum absolute atomic E-state index is 0.00468. The molecule has 0 saturated carbocycles. The number of rotatable bonds is 5. The minimum Gasteiger partial charge on any atom is -0.390 e. The lowest BCUT2D eigenvalue weighted by molar-refractivity contribution is -0.124. The van der Waals surface area contributed by atoms with E-state index in [0.717, 1.165) is 0 Å². The van der Waals surface area contributed by atoms with Crippen molar-refractivity contribution in [2.75, 3.05) is 0 Å². The van der Waals surface area contributed by atoms with Gasteiger partial charge in [0.2, 0.25) is 0 Å². The lowest BCUT2D eigenvalue weighted by Crippen LogP contribution is -2.31. The van der Waals surface area contributed by atoms with Crippen LogP contribution in [0.15, 0.2) is 0 Å². The summed E-state index contributed by atoms with van der Waals surface area (Å²) in [5, 5.41) is 9.84. The van der Waals surface area contributed by atoms with Crippen LogP contribution in [0.5, 0.6) is 0 Å². The molecular weight excluding hydrogens is 164 g/mol. The van der Waals surface area contributed by atoms with Gasteiger partial charge in [-0.25, -0.2) is 0 Å². The lowest BCUT2D eigenvalue weighted by Gasteiger charge is -2.28. The van der Waals surface area contributed by atoms with Gasteiger partial charge in [0, 0.05) is 5.92 Å². The van der Waals surface area contributed by atoms with Crippen LogP contribution in [0.25, 0.3) is 0 Å². The molecule has 0 saturated heterocycles. The molecule has 0 amide bonds. The summed E-state index contributed by atoms with van der Waals surface area (Å²) < 4.78 is 0. The summed E-state index contributed by atoms with van der Waals surface area (Å²) in [5.41, 5.74) is -0.694. The highest BCUT2D eigenvalue weighted by Crippen LogP contribution is 2.25. The van der Waals surface area contributed by atoms with E-state index in [1.807, 2.05) is 20.8 Å². The molecule has 1 N–H and O–H groups in total. The van der Waals surface area contributed by atoms with E-state index in [1.165, 1.54) is 0 Å². The number of hydrogen-bond acceptors (Lipinski definition) is 2. The van der Waals surface area contributed by atoms with Gasteiger partial charge in [0.25, 0.3) is 0 Å². The summed E-state index contributed by atoms with van der Waals surface area (Å²) in [7, 11) is 0. The molecule has 0 heterocycles. The third-order valence-corrected chi connectivity index (χ3v) is 2.75. The quantitative estimate of drug-likeness (QED) is 0.716. The van der Waals surface area contributed by atoms with Crippen molar-refractivity contribution in [1.29, 1.82) is 0 Å². The summed E-state index contributed by atoms with van der Waals surface area (Å²) in [6, 6.07) is 0. The van der Waals surface area contributed by atoms with Crippen molar-refractivity contribution in [3.63, 3.8) is 0 Å². The first-order chi connectivity index (χ1) is 5.80. The first kappa shape index (κ1) is 12.6. The van der Waals surface area contributed by atoms with E-state index in [2.05, 4.69) is 0 Å². The van der Waals surface area contributed by atoms with Gasteiger partial charge < -0.3 is 5.11 Å². The zero-order valence-electron chi connectivity index (χ0n) is 9.42. The number of hydrogen-bond donors (Lipinski definition) is 1. The molecule has 0 radical (unpaired) electrons. The molecule has 0 fully saturated rings. The van der Waals surface area contributed by atoms with E-state index in [4.69, 9.17) is 0 Å². The summed E-state index contributed by atoms with van der Waals surface area (Å²) in [6.45, 7) is 9.40. The van der Waals surface area contributed by atoms with Gasteiger partial charge in [-0.3, -0.25) is 4.79 Å². The van der Waals surface area contributed by atoms with Crippen molar-refractivity contribution in [3.05, 3.63) is 0 Å². The molecule has 0 aliphatic heterocycles. The third kappa shape index (κ3) is 4.41. The molecular formula is C11H22O2. The molecule has 2 unspecified atom stereocenters. The molecule has 0 aromatic rings. The van der Waals surface area contributed by atoms with Gasteiger partial charge in [-0.15, -0.1) is 0 Å². The maximum absolute atomic E-state index is 11.3. The number of aliphatic hydroxyl groups is 1. The highest BCUT2D eigenvalue weighted by atomic mass is 16.3. The van der Waals surface area contributed by atoms with Crippen molar-refractivity contribution in [1.82, 2.24) is 0 Å². The van der Waals surface area contributed by atoms with Gasteiger partial charge in [0.05, 0.1) is 5.60 Å². The highest BCUT2D eigenvalue weighted by molar-refractivity contribution is 5.78. The Kier molecular flexibility index (Phi) is 4.62. The second-order valence-electron chi connectivity index (χ2n) is 4.52. The van der Waals surface area contributed by atoms with Crippen LogP contribution in [0.2, 0.25) is 0 Å². The van der Waals surface area contributed by atoms with Gasteiger partial charge in [0.15, 0.2) is 0 Å². The average Bonchev–Trinajstić information content (AvgIpc) is 1.99. The molecule has 0 aromatic carbocycles. The average molecular weight is 186 g/mol. The monoisotopic (exact) mass is 186 g/mol. The van der Waals surface area contributed by atoms with Gasteiger partial charge in [-0.1, -0.05) is 20.8 Å². The van der Waals surface area contributed by atoms with Crippen molar-refractivity contribution >= 4 is 5.78 Å². The number of Topliss-reactive ketones (excluding diaryl/α,β-unsaturated/α-hetero) is 1. The maximum Gasteiger partial charge on any atom is 0.133 e. The highest BCUT2D eigenvalue weighted by Gasteiger charge is 2.28. The largest absolute Gasteiger partial charge is 0.390 e. The molecule has 2 heteroatoms. The van der Waals surface area contributed by atoms with Crippen molar-refractivity contribution in [2.45, 2.75) is 53.1 Å². The molecule has 0 aliphatic carbocycles. The Balaban J connectivity index is 4.35. The number of carbonyl (C=O) groups excluding carboxylic acids is 1. The van der Waals surface area contributed by atoms with Crippen LogP contribution < -0.4 is 0 Å². The molecule has 0 bridgehead atoms. The Hall–Kier alpha value is -0.370. The van der Waals surface area contributed by atoms with E-state index in [9.17, 15) is 9.90 Å². The standard InChI is InChI=1S/C11H22O2/c1-6-11(5,13)7-10(8(2)3)9(4)12/h8,10,13H,6-7H2,1-5H3. The molecule has 0 rings (SSSR count). The molecule has 13 heavy (non-hydrogen) atoms. The van der Waals surface area contributed by atoms with Crippen LogP contribution in [0.3, 0.4) is 0 Å². The normalized spacial score (nSPS) is 18.4. The van der Waals surface area contributed by atoms with Crippen molar-refractivity contribution in [3.8, 4) is 0 Å². The van der Waals surface area contributed by atoms with Crippen LogP contribution in [0.4, 0.5) is 0 Å². The molecule has 78 valence electrons. The number of ketones is 1. The SMILES string of the molecule is CCC(C)(O)CC(C(C)=O)C(C)C. The van der Waals surface area contributed by atoms with Gasteiger partial charge in [0.1, 0.15) is 5.78 Å². The summed E-state index contributed by atoms with van der Waals surface area (Å²) in [6.07, 6.45) is 1.28. The van der Waals surface area contributed by atoms with Crippen LogP contribution >= 0.6 is 0 Å². The van der Waals surface area contributed by atoms with Gasteiger partial charge >= 0.3 is 0 Å². The van der Waals surface area contributed by atoms with Crippen LogP contribution in [0.1, 0.15) is 47.5 Å². The van der Waals surface area contributed by atoms with Gasteiger partial charge in [-0.05, 0) is 32.6 Å². The fraction of sp³-hybridized carbons (Fsp3) is 0.909. The minimum atomic E-state index is -0.694. The zero-order chi connectivity index (χ0) is 10.6. The van der Waals surface area contributed by atoms with Crippen LogP contribution in [-0.2, 0) is 4.79 Å². The summed E-state index contributed by atoms with van der Waals surface area (Å²) in [5.74, 6) is 0.495. The molecule has 2 nitrogen and oxygen atoms in total. The van der Waals surface area contributed by atoms with Crippen LogP contribution in [-0.4, -0.2) is 16.5 Å². The van der Waals surface area contributed by atoms with Crippen molar-refractivity contribution in [2.24, 2.45) is 11.8 Å². The second kappa shape index (κ2) is 4.75. The van der Waals surface area contributed by atoms with Gasteiger partial charge in [-0.2, -0.15) is 0 Å². The molecule has 0 aliphatic rings. The zero-order valence-corrected chi connectivity index (χ0v) is 9.42. The Morgan fingerprint density at radius 3 is 2.15 bits per heavy atom. The van der Waals surface area contributed by atoms with E-state index in [1.54, 1.807) is 13.8 Å². The Morgan fingerprint density at radius 2 is 1.92 bits per heavy atom. The number of carbonyl (C=O) groups is 1. The Morgan fingerprint density at radius 1 is 1.46 bits per heavy atom. The van der Waals surface area contributed by atoms with E-state index in [-0.39, 0.29) is 11.7 Å². The Labute approximate surface area is 81.3 Å². The second-order valence-corrected chi connectivity index (χ2v) is 4.52. The fourth-order valence-electron chi connectivity index (χ4n) is 1.47. The lowest BCUT2D eigenvalue weighted by atomic mass is 9.81. The Bertz CT molecular complexity index is 171. The molecule has 0 spiro atoms. The fourth-order valence-corrected chi connectivity index (χ4v) is 1.47. The van der Waals surface area contributed by atoms with E-state index >= 15 is 0 Å². The van der Waals surface area contributed by atoms with Crippen LogP contribution in [0, 0.1) is 11.8 Å². The predicted molar refractivity (Wildman–Crippen MR) is 54.5 cm³/mol. The topological polar surface area (TPSA) is 37.3 Å². The van der Waals surface area contributed by atoms with E-state index in [0.29, 0.717) is 18.8 Å². The molecule has 0 aromatic heterocycles.